The molecule has 2 aliphatic rings. The third-order valence-corrected chi connectivity index (χ3v) is 3.55. The smallest absolute Gasteiger partial charge is 0.115 e. The fourth-order valence-corrected chi connectivity index (χ4v) is 2.07. The maximum absolute atomic E-state index is 5.63. The SMILES string of the molecule is COCC(OC)C1OC1COCC(COCC1CO1)OC. The minimum Gasteiger partial charge on any atom is -0.382 e. The van der Waals surface area contributed by atoms with E-state index in [0.29, 0.717) is 33.0 Å². The third kappa shape index (κ3) is 6.15. The van der Waals surface area contributed by atoms with E-state index in [0.717, 1.165) is 6.61 Å². The Kier molecular flexibility index (Phi) is 7.31. The van der Waals surface area contributed by atoms with Gasteiger partial charge in [-0.25, -0.2) is 0 Å². The van der Waals surface area contributed by atoms with E-state index in [4.69, 9.17) is 33.2 Å². The predicted molar refractivity (Wildman–Crippen MR) is 73.5 cm³/mol. The van der Waals surface area contributed by atoms with Crippen LogP contribution in [0.15, 0.2) is 0 Å². The predicted octanol–water partition coefficient (Wildman–Crippen LogP) is -0.138. The zero-order valence-corrected chi connectivity index (χ0v) is 13.0. The van der Waals surface area contributed by atoms with E-state index in [9.17, 15) is 0 Å². The highest BCUT2D eigenvalue weighted by atomic mass is 16.6. The van der Waals surface area contributed by atoms with E-state index in [1.807, 2.05) is 0 Å². The van der Waals surface area contributed by atoms with Crippen LogP contribution in [0.4, 0.5) is 0 Å². The molecule has 5 atom stereocenters. The lowest BCUT2D eigenvalue weighted by Gasteiger charge is -2.15. The normalized spacial score (nSPS) is 30.1. The summed E-state index contributed by atoms with van der Waals surface area (Å²) in [6.45, 7) is 3.47. The van der Waals surface area contributed by atoms with Gasteiger partial charge in [0.2, 0.25) is 0 Å². The Morgan fingerprint density at radius 2 is 1.71 bits per heavy atom. The summed E-state index contributed by atoms with van der Waals surface area (Å²) in [4.78, 5) is 0. The second-order valence-electron chi connectivity index (χ2n) is 5.26. The maximum Gasteiger partial charge on any atom is 0.115 e. The van der Waals surface area contributed by atoms with Crippen molar-refractivity contribution in [3.63, 3.8) is 0 Å². The summed E-state index contributed by atoms with van der Waals surface area (Å²) in [7, 11) is 4.96. The van der Waals surface area contributed by atoms with Crippen LogP contribution in [-0.4, -0.2) is 91.5 Å². The molecular weight excluding hydrogens is 280 g/mol. The number of hydrogen-bond donors (Lipinski definition) is 0. The van der Waals surface area contributed by atoms with Crippen molar-refractivity contribution in [2.75, 3.05) is 61.0 Å². The lowest BCUT2D eigenvalue weighted by Crippen LogP contribution is -2.28. The average molecular weight is 306 g/mol. The van der Waals surface area contributed by atoms with Crippen molar-refractivity contribution in [1.82, 2.24) is 0 Å². The van der Waals surface area contributed by atoms with Crippen LogP contribution in [0.25, 0.3) is 0 Å². The Labute approximate surface area is 125 Å². The lowest BCUT2D eigenvalue weighted by molar-refractivity contribution is -0.0448. The topological polar surface area (TPSA) is 71.2 Å². The molecule has 7 heteroatoms. The molecule has 2 saturated heterocycles. The van der Waals surface area contributed by atoms with Crippen LogP contribution in [0, 0.1) is 0 Å². The minimum atomic E-state index is -0.0712. The Morgan fingerprint density at radius 1 is 1.00 bits per heavy atom. The van der Waals surface area contributed by atoms with Gasteiger partial charge < -0.3 is 33.2 Å². The monoisotopic (exact) mass is 306 g/mol. The lowest BCUT2D eigenvalue weighted by atomic mass is 10.2. The third-order valence-electron chi connectivity index (χ3n) is 3.55. The van der Waals surface area contributed by atoms with Crippen LogP contribution >= 0.6 is 0 Å². The van der Waals surface area contributed by atoms with Crippen LogP contribution in [0.3, 0.4) is 0 Å². The van der Waals surface area contributed by atoms with Crippen molar-refractivity contribution in [1.29, 1.82) is 0 Å². The minimum absolute atomic E-state index is 0.0382. The average Bonchev–Trinajstić information content (AvgIpc) is 3.39. The Bertz CT molecular complexity index is 284. The van der Waals surface area contributed by atoms with E-state index in [-0.39, 0.29) is 30.5 Å². The molecule has 2 heterocycles. The van der Waals surface area contributed by atoms with Crippen molar-refractivity contribution >= 4 is 0 Å². The van der Waals surface area contributed by atoms with E-state index >= 15 is 0 Å². The van der Waals surface area contributed by atoms with E-state index in [2.05, 4.69) is 0 Å². The van der Waals surface area contributed by atoms with Gasteiger partial charge in [-0.2, -0.15) is 0 Å². The highest BCUT2D eigenvalue weighted by Gasteiger charge is 2.45. The molecule has 0 amide bonds. The van der Waals surface area contributed by atoms with E-state index in [1.165, 1.54) is 0 Å². The number of hydrogen-bond acceptors (Lipinski definition) is 7. The molecule has 0 aromatic heterocycles. The molecule has 0 spiro atoms. The first-order chi connectivity index (χ1) is 10.3. The molecule has 124 valence electrons. The first kappa shape index (κ1) is 17.1. The highest BCUT2D eigenvalue weighted by molar-refractivity contribution is 4.91. The summed E-state index contributed by atoms with van der Waals surface area (Å²) in [6, 6.07) is 0. The van der Waals surface area contributed by atoms with Crippen LogP contribution in [-0.2, 0) is 33.2 Å². The second-order valence-corrected chi connectivity index (χ2v) is 5.26. The van der Waals surface area contributed by atoms with Crippen LogP contribution in [0.2, 0.25) is 0 Å². The Morgan fingerprint density at radius 3 is 2.29 bits per heavy atom. The molecule has 0 radical (unpaired) electrons. The van der Waals surface area contributed by atoms with Crippen molar-refractivity contribution in [3.8, 4) is 0 Å². The molecule has 5 unspecified atom stereocenters. The molecule has 0 saturated carbocycles. The summed E-state index contributed by atoms with van der Waals surface area (Å²) in [6.07, 6.45) is 0.292. The van der Waals surface area contributed by atoms with Crippen molar-refractivity contribution in [3.05, 3.63) is 0 Å². The van der Waals surface area contributed by atoms with E-state index < -0.39 is 0 Å². The molecule has 0 aliphatic carbocycles. The van der Waals surface area contributed by atoms with Crippen molar-refractivity contribution in [2.45, 2.75) is 30.5 Å². The van der Waals surface area contributed by atoms with Crippen molar-refractivity contribution < 1.29 is 33.2 Å². The van der Waals surface area contributed by atoms with E-state index in [1.54, 1.807) is 21.3 Å². The van der Waals surface area contributed by atoms with Gasteiger partial charge in [0, 0.05) is 21.3 Å². The van der Waals surface area contributed by atoms with Gasteiger partial charge in [0.1, 0.15) is 30.5 Å². The molecule has 7 nitrogen and oxygen atoms in total. The summed E-state index contributed by atoms with van der Waals surface area (Å²) in [5.74, 6) is 0. The summed E-state index contributed by atoms with van der Waals surface area (Å²) >= 11 is 0. The Balaban J connectivity index is 1.51. The highest BCUT2D eigenvalue weighted by Crippen LogP contribution is 2.27. The largest absolute Gasteiger partial charge is 0.382 e. The molecule has 2 fully saturated rings. The number of methoxy groups -OCH3 is 3. The molecular formula is C14H26O7. The van der Waals surface area contributed by atoms with Gasteiger partial charge in [-0.05, 0) is 0 Å². The second kappa shape index (κ2) is 8.99. The molecule has 0 bridgehead atoms. The molecule has 21 heavy (non-hydrogen) atoms. The van der Waals surface area contributed by atoms with Gasteiger partial charge in [0.05, 0.1) is 39.6 Å². The molecule has 2 rings (SSSR count). The van der Waals surface area contributed by atoms with Gasteiger partial charge in [-0.3, -0.25) is 0 Å². The van der Waals surface area contributed by atoms with Gasteiger partial charge in [0.25, 0.3) is 0 Å². The quantitative estimate of drug-likeness (QED) is 0.439. The van der Waals surface area contributed by atoms with Gasteiger partial charge in [0.15, 0.2) is 0 Å². The summed E-state index contributed by atoms with van der Waals surface area (Å²) < 4.78 is 37.4. The summed E-state index contributed by atoms with van der Waals surface area (Å²) in [5.41, 5.74) is 0. The molecule has 0 aromatic rings. The molecule has 2 aliphatic heterocycles. The first-order valence-electron chi connectivity index (χ1n) is 7.25. The van der Waals surface area contributed by atoms with Gasteiger partial charge in [-0.15, -0.1) is 0 Å². The molecule has 0 N–H and O–H groups in total. The fraction of sp³-hybridized carbons (Fsp3) is 1.00. The fourth-order valence-electron chi connectivity index (χ4n) is 2.07. The Hall–Kier alpha value is -0.280. The standard InChI is InChI=1S/C14H26O7/c1-15-8-12(17-3)14-13(21-14)9-19-5-10(16-2)4-18-6-11-7-20-11/h10-14H,4-9H2,1-3H3. The van der Waals surface area contributed by atoms with Gasteiger partial charge >= 0.3 is 0 Å². The first-order valence-corrected chi connectivity index (χ1v) is 7.25. The van der Waals surface area contributed by atoms with Crippen molar-refractivity contribution in [2.24, 2.45) is 0 Å². The summed E-state index contributed by atoms with van der Waals surface area (Å²) in [5, 5.41) is 0. The number of ether oxygens (including phenoxy) is 7. The van der Waals surface area contributed by atoms with Crippen LogP contribution < -0.4 is 0 Å². The number of rotatable bonds is 13. The van der Waals surface area contributed by atoms with Crippen LogP contribution in [0.5, 0.6) is 0 Å². The van der Waals surface area contributed by atoms with Crippen LogP contribution in [0.1, 0.15) is 0 Å². The zero-order chi connectivity index (χ0) is 15.1. The zero-order valence-electron chi connectivity index (χ0n) is 13.0. The van der Waals surface area contributed by atoms with Gasteiger partial charge in [-0.1, -0.05) is 0 Å². The maximum atomic E-state index is 5.63. The number of epoxide rings is 2. The molecule has 0 aromatic carbocycles.